The lowest BCUT2D eigenvalue weighted by molar-refractivity contribution is 0.102. The van der Waals surface area contributed by atoms with Crippen molar-refractivity contribution in [2.24, 2.45) is 0 Å². The number of anilines is 2. The van der Waals surface area contributed by atoms with Gasteiger partial charge in [-0.1, -0.05) is 35.3 Å². The van der Waals surface area contributed by atoms with Gasteiger partial charge in [0.2, 0.25) is 0 Å². The zero-order chi connectivity index (χ0) is 20.3. The highest BCUT2D eigenvalue weighted by Crippen LogP contribution is 2.24. The fourth-order valence-corrected chi connectivity index (χ4v) is 3.94. The van der Waals surface area contributed by atoms with Gasteiger partial charge in [-0.05, 0) is 67.1 Å². The molecule has 28 heavy (non-hydrogen) atoms. The molecule has 0 aliphatic carbocycles. The van der Waals surface area contributed by atoms with Crippen LogP contribution in [0, 0.1) is 6.92 Å². The van der Waals surface area contributed by atoms with Gasteiger partial charge in [-0.15, -0.1) is 0 Å². The van der Waals surface area contributed by atoms with Gasteiger partial charge in [0.25, 0.3) is 15.9 Å². The van der Waals surface area contributed by atoms with Gasteiger partial charge in [0.05, 0.1) is 10.6 Å². The number of rotatable bonds is 5. The van der Waals surface area contributed by atoms with Gasteiger partial charge in [0.1, 0.15) is 0 Å². The standard InChI is InChI=1S/C20H16Cl2N2O3S/c1-13-5-6-16(22)12-19(13)24-28(26,27)18-9-7-17(8-10-18)23-20(25)14-3-2-4-15(21)11-14/h2-12,24H,1H3,(H,23,25). The molecule has 3 aromatic carbocycles. The molecule has 0 heterocycles. The van der Waals surface area contributed by atoms with Crippen LogP contribution >= 0.6 is 23.2 Å². The van der Waals surface area contributed by atoms with Crippen molar-refractivity contribution in [3.8, 4) is 0 Å². The second kappa shape index (κ2) is 8.22. The SMILES string of the molecule is Cc1ccc(Cl)cc1NS(=O)(=O)c1ccc(NC(=O)c2cccc(Cl)c2)cc1. The molecular weight excluding hydrogens is 419 g/mol. The van der Waals surface area contributed by atoms with Crippen molar-refractivity contribution in [1.29, 1.82) is 0 Å². The molecule has 0 unspecified atom stereocenters. The first kappa shape index (κ1) is 20.2. The first-order valence-electron chi connectivity index (χ1n) is 8.20. The Morgan fingerprint density at radius 1 is 0.893 bits per heavy atom. The van der Waals surface area contributed by atoms with Crippen LogP contribution in [0.25, 0.3) is 0 Å². The fraction of sp³-hybridized carbons (Fsp3) is 0.0500. The molecule has 0 bridgehead atoms. The van der Waals surface area contributed by atoms with Gasteiger partial charge in [-0.3, -0.25) is 9.52 Å². The molecule has 0 aromatic heterocycles. The molecule has 0 aliphatic heterocycles. The quantitative estimate of drug-likeness (QED) is 0.567. The largest absolute Gasteiger partial charge is 0.322 e. The zero-order valence-corrected chi connectivity index (χ0v) is 17.1. The third kappa shape index (κ3) is 4.84. The van der Waals surface area contributed by atoms with E-state index in [0.29, 0.717) is 27.0 Å². The van der Waals surface area contributed by atoms with E-state index in [0.717, 1.165) is 5.56 Å². The first-order valence-corrected chi connectivity index (χ1v) is 10.4. The van der Waals surface area contributed by atoms with E-state index in [1.807, 2.05) is 0 Å². The topological polar surface area (TPSA) is 75.3 Å². The Hall–Kier alpha value is -2.54. The molecule has 0 saturated carbocycles. The Labute approximate surface area is 173 Å². The molecule has 144 valence electrons. The Balaban J connectivity index is 1.76. The molecule has 0 aliphatic rings. The summed E-state index contributed by atoms with van der Waals surface area (Å²) in [5.74, 6) is -0.342. The second-order valence-corrected chi connectivity index (χ2v) is 8.61. The molecule has 0 atom stereocenters. The second-order valence-electron chi connectivity index (χ2n) is 6.05. The lowest BCUT2D eigenvalue weighted by atomic mass is 10.2. The predicted octanol–water partition coefficient (Wildman–Crippen LogP) is 5.35. The third-order valence-corrected chi connectivity index (χ3v) is 5.80. The van der Waals surface area contributed by atoms with Crippen molar-refractivity contribution < 1.29 is 13.2 Å². The molecule has 3 aromatic rings. The number of nitrogens with one attached hydrogen (secondary N) is 2. The molecule has 3 rings (SSSR count). The summed E-state index contributed by atoms with van der Waals surface area (Å²) in [5, 5.41) is 3.59. The molecule has 0 saturated heterocycles. The minimum Gasteiger partial charge on any atom is -0.322 e. The minimum atomic E-state index is -3.79. The normalized spacial score (nSPS) is 11.1. The van der Waals surface area contributed by atoms with Crippen LogP contribution in [-0.4, -0.2) is 14.3 Å². The number of hydrogen-bond acceptors (Lipinski definition) is 3. The monoisotopic (exact) mass is 434 g/mol. The summed E-state index contributed by atoms with van der Waals surface area (Å²) in [7, 11) is -3.79. The number of sulfonamides is 1. The summed E-state index contributed by atoms with van der Waals surface area (Å²) in [6.45, 7) is 1.78. The van der Waals surface area contributed by atoms with E-state index in [9.17, 15) is 13.2 Å². The van der Waals surface area contributed by atoms with Crippen LogP contribution in [0.2, 0.25) is 10.0 Å². The van der Waals surface area contributed by atoms with E-state index in [-0.39, 0.29) is 10.8 Å². The summed E-state index contributed by atoms with van der Waals surface area (Å²) in [6.07, 6.45) is 0. The van der Waals surface area contributed by atoms with Crippen molar-refractivity contribution >= 4 is 50.5 Å². The van der Waals surface area contributed by atoms with E-state index >= 15 is 0 Å². The van der Waals surface area contributed by atoms with Gasteiger partial charge < -0.3 is 5.32 Å². The number of benzene rings is 3. The van der Waals surface area contributed by atoms with E-state index in [2.05, 4.69) is 10.0 Å². The van der Waals surface area contributed by atoms with E-state index in [4.69, 9.17) is 23.2 Å². The van der Waals surface area contributed by atoms with E-state index in [1.54, 1.807) is 49.4 Å². The van der Waals surface area contributed by atoms with Crippen LogP contribution in [-0.2, 0) is 10.0 Å². The average Bonchev–Trinajstić information content (AvgIpc) is 2.65. The molecule has 2 N–H and O–H groups in total. The molecule has 1 amide bonds. The summed E-state index contributed by atoms with van der Waals surface area (Å²) in [4.78, 5) is 12.3. The number of carbonyl (C=O) groups excluding carboxylic acids is 1. The number of aryl methyl sites for hydroxylation is 1. The van der Waals surface area contributed by atoms with Crippen LogP contribution in [0.1, 0.15) is 15.9 Å². The van der Waals surface area contributed by atoms with E-state index < -0.39 is 10.0 Å². The van der Waals surface area contributed by atoms with E-state index in [1.165, 1.54) is 24.3 Å². The maximum Gasteiger partial charge on any atom is 0.261 e. The highest BCUT2D eigenvalue weighted by Gasteiger charge is 2.16. The summed E-state index contributed by atoms with van der Waals surface area (Å²) >= 11 is 11.8. The Morgan fingerprint density at radius 2 is 1.57 bits per heavy atom. The van der Waals surface area contributed by atoms with Gasteiger partial charge in [0.15, 0.2) is 0 Å². The Kier molecular flexibility index (Phi) is 5.93. The molecule has 5 nitrogen and oxygen atoms in total. The zero-order valence-electron chi connectivity index (χ0n) is 14.7. The Bertz CT molecular complexity index is 1130. The van der Waals surface area contributed by atoms with Crippen LogP contribution < -0.4 is 10.0 Å². The summed E-state index contributed by atoms with van der Waals surface area (Å²) in [5.41, 5.74) is 2.02. The molecule has 8 heteroatoms. The van der Waals surface area contributed by atoms with Gasteiger partial charge in [-0.2, -0.15) is 0 Å². The van der Waals surface area contributed by atoms with Gasteiger partial charge in [0, 0.05) is 21.3 Å². The van der Waals surface area contributed by atoms with Crippen LogP contribution in [0.15, 0.2) is 71.6 Å². The van der Waals surface area contributed by atoms with Crippen molar-refractivity contribution in [3.05, 3.63) is 87.9 Å². The lowest BCUT2D eigenvalue weighted by Crippen LogP contribution is -2.14. The average molecular weight is 435 g/mol. The summed E-state index contributed by atoms with van der Waals surface area (Å²) in [6, 6.07) is 17.4. The van der Waals surface area contributed by atoms with Crippen molar-refractivity contribution in [2.75, 3.05) is 10.0 Å². The minimum absolute atomic E-state index is 0.0626. The highest BCUT2D eigenvalue weighted by atomic mass is 35.5. The molecule has 0 radical (unpaired) electrons. The number of halogens is 2. The predicted molar refractivity (Wildman–Crippen MR) is 113 cm³/mol. The van der Waals surface area contributed by atoms with Crippen LogP contribution in [0.4, 0.5) is 11.4 Å². The fourth-order valence-electron chi connectivity index (χ4n) is 2.46. The van der Waals surface area contributed by atoms with Gasteiger partial charge >= 0.3 is 0 Å². The van der Waals surface area contributed by atoms with Crippen LogP contribution in [0.3, 0.4) is 0 Å². The Morgan fingerprint density at radius 3 is 2.25 bits per heavy atom. The first-order chi connectivity index (χ1) is 13.2. The number of hydrogen-bond donors (Lipinski definition) is 2. The van der Waals surface area contributed by atoms with Crippen molar-refractivity contribution in [1.82, 2.24) is 0 Å². The third-order valence-electron chi connectivity index (χ3n) is 3.95. The molecular formula is C20H16Cl2N2O3S. The maximum atomic E-state index is 12.6. The number of amides is 1. The lowest BCUT2D eigenvalue weighted by Gasteiger charge is -2.12. The van der Waals surface area contributed by atoms with Crippen molar-refractivity contribution in [2.45, 2.75) is 11.8 Å². The van der Waals surface area contributed by atoms with Crippen molar-refractivity contribution in [3.63, 3.8) is 0 Å². The molecule has 0 fully saturated rings. The summed E-state index contributed by atoms with van der Waals surface area (Å²) < 4.78 is 27.7. The highest BCUT2D eigenvalue weighted by molar-refractivity contribution is 7.92. The maximum absolute atomic E-state index is 12.6. The van der Waals surface area contributed by atoms with Crippen LogP contribution in [0.5, 0.6) is 0 Å². The van der Waals surface area contributed by atoms with Gasteiger partial charge in [-0.25, -0.2) is 8.42 Å². The molecule has 0 spiro atoms. The number of carbonyl (C=O) groups is 1. The smallest absolute Gasteiger partial charge is 0.261 e.